The molecule has 0 amide bonds. The van der Waals surface area contributed by atoms with E-state index in [0.717, 1.165) is 27.2 Å². The van der Waals surface area contributed by atoms with Gasteiger partial charge in [0, 0.05) is 11.4 Å². The lowest BCUT2D eigenvalue weighted by Crippen LogP contribution is -2.25. The second-order valence-electron chi connectivity index (χ2n) is 8.37. The van der Waals surface area contributed by atoms with Gasteiger partial charge in [-0.2, -0.15) is 9.78 Å². The van der Waals surface area contributed by atoms with Gasteiger partial charge >= 0.3 is 0 Å². The van der Waals surface area contributed by atoms with Crippen LogP contribution in [0.2, 0.25) is 0 Å². The zero-order valence-corrected chi connectivity index (χ0v) is 20.6. The SMILES string of the molecule is COc1ccc(CCn2c(C)nc3c(c2=O)c2nc4ccccc4nc2n3/N=C/c2cccs2)cc1. The molecular formula is C27H22N6O2S. The summed E-state index contributed by atoms with van der Waals surface area (Å²) in [5, 5.41) is 7.08. The number of para-hydroxylation sites is 2. The number of fused-ring (bicyclic) bond motifs is 4. The van der Waals surface area contributed by atoms with Crippen LogP contribution in [-0.2, 0) is 13.0 Å². The lowest BCUT2D eigenvalue weighted by molar-refractivity contribution is 0.414. The zero-order chi connectivity index (χ0) is 24.6. The maximum Gasteiger partial charge on any atom is 0.265 e. The van der Waals surface area contributed by atoms with Crippen LogP contribution in [0.3, 0.4) is 0 Å². The minimum Gasteiger partial charge on any atom is -0.497 e. The normalized spacial score (nSPS) is 11.8. The number of aryl methyl sites for hydroxylation is 2. The van der Waals surface area contributed by atoms with E-state index in [4.69, 9.17) is 19.7 Å². The van der Waals surface area contributed by atoms with Crippen molar-refractivity contribution in [1.82, 2.24) is 24.2 Å². The summed E-state index contributed by atoms with van der Waals surface area (Å²) >= 11 is 1.58. The summed E-state index contributed by atoms with van der Waals surface area (Å²) in [4.78, 5) is 29.3. The molecule has 36 heavy (non-hydrogen) atoms. The van der Waals surface area contributed by atoms with Gasteiger partial charge in [0.2, 0.25) is 0 Å². The van der Waals surface area contributed by atoms with Crippen LogP contribution in [0.25, 0.3) is 33.2 Å². The van der Waals surface area contributed by atoms with E-state index in [1.807, 2.05) is 73.0 Å². The molecule has 9 heteroatoms. The Balaban J connectivity index is 1.53. The number of hydrogen-bond donors (Lipinski definition) is 0. The van der Waals surface area contributed by atoms with Gasteiger partial charge < -0.3 is 4.74 Å². The Morgan fingerprint density at radius 3 is 2.47 bits per heavy atom. The van der Waals surface area contributed by atoms with Gasteiger partial charge in [0.25, 0.3) is 5.56 Å². The second-order valence-corrected chi connectivity index (χ2v) is 9.35. The molecule has 0 bridgehead atoms. The first-order valence-electron chi connectivity index (χ1n) is 11.5. The molecule has 4 heterocycles. The summed E-state index contributed by atoms with van der Waals surface area (Å²) < 4.78 is 8.58. The van der Waals surface area contributed by atoms with Crippen molar-refractivity contribution in [3.05, 3.63) is 92.7 Å². The van der Waals surface area contributed by atoms with Gasteiger partial charge in [0.1, 0.15) is 22.5 Å². The number of thiophene rings is 1. The van der Waals surface area contributed by atoms with E-state index >= 15 is 0 Å². The fourth-order valence-corrected chi connectivity index (χ4v) is 4.88. The first-order valence-corrected chi connectivity index (χ1v) is 12.4. The average Bonchev–Trinajstić information content (AvgIpc) is 3.52. The van der Waals surface area contributed by atoms with E-state index in [9.17, 15) is 4.79 Å². The van der Waals surface area contributed by atoms with Crippen molar-refractivity contribution in [3.8, 4) is 5.75 Å². The van der Waals surface area contributed by atoms with Gasteiger partial charge in [-0.3, -0.25) is 9.36 Å². The number of aromatic nitrogens is 5. The van der Waals surface area contributed by atoms with Gasteiger partial charge in [-0.25, -0.2) is 15.0 Å². The van der Waals surface area contributed by atoms with Crippen LogP contribution >= 0.6 is 11.3 Å². The minimum absolute atomic E-state index is 0.148. The first kappa shape index (κ1) is 22.1. The molecule has 0 fully saturated rings. The van der Waals surface area contributed by atoms with E-state index in [2.05, 4.69) is 5.10 Å². The summed E-state index contributed by atoms with van der Waals surface area (Å²) in [6.45, 7) is 2.34. The summed E-state index contributed by atoms with van der Waals surface area (Å²) in [7, 11) is 1.64. The van der Waals surface area contributed by atoms with Gasteiger partial charge in [-0.1, -0.05) is 30.3 Å². The molecule has 0 saturated heterocycles. The molecule has 2 aromatic carbocycles. The number of methoxy groups -OCH3 is 1. The highest BCUT2D eigenvalue weighted by molar-refractivity contribution is 7.11. The molecule has 0 unspecified atom stereocenters. The Labute approximate surface area is 210 Å². The molecule has 0 aliphatic heterocycles. The van der Waals surface area contributed by atoms with E-state index in [1.54, 1.807) is 33.9 Å². The molecule has 6 rings (SSSR count). The lowest BCUT2D eigenvalue weighted by atomic mass is 10.1. The number of nitrogens with zero attached hydrogens (tertiary/aromatic N) is 6. The van der Waals surface area contributed by atoms with Crippen LogP contribution in [0, 0.1) is 6.92 Å². The number of hydrogen-bond acceptors (Lipinski definition) is 7. The summed E-state index contributed by atoms with van der Waals surface area (Å²) in [5.74, 6) is 1.41. The largest absolute Gasteiger partial charge is 0.497 e. The van der Waals surface area contributed by atoms with Gasteiger partial charge in [0.15, 0.2) is 11.3 Å². The number of ether oxygens (including phenoxy) is 1. The summed E-state index contributed by atoms with van der Waals surface area (Å²) in [6, 6.07) is 19.4. The third kappa shape index (κ3) is 3.83. The van der Waals surface area contributed by atoms with E-state index < -0.39 is 0 Å². The first-order chi connectivity index (χ1) is 17.6. The highest BCUT2D eigenvalue weighted by Gasteiger charge is 2.21. The zero-order valence-electron chi connectivity index (χ0n) is 19.8. The Hall–Kier alpha value is -4.37. The van der Waals surface area contributed by atoms with Crippen molar-refractivity contribution < 1.29 is 4.74 Å². The monoisotopic (exact) mass is 494 g/mol. The van der Waals surface area contributed by atoms with Crippen molar-refractivity contribution in [2.24, 2.45) is 5.10 Å². The second kappa shape index (κ2) is 9.01. The fraction of sp³-hybridized carbons (Fsp3) is 0.148. The van der Waals surface area contributed by atoms with Gasteiger partial charge in [-0.05, 0) is 54.6 Å². The molecule has 178 valence electrons. The molecule has 6 aromatic rings. The summed E-state index contributed by atoms with van der Waals surface area (Å²) in [5.41, 5.74) is 3.88. The molecular weight excluding hydrogens is 472 g/mol. The van der Waals surface area contributed by atoms with E-state index in [1.165, 1.54) is 0 Å². The maximum atomic E-state index is 13.8. The van der Waals surface area contributed by atoms with Crippen molar-refractivity contribution >= 4 is 50.8 Å². The highest BCUT2D eigenvalue weighted by atomic mass is 32.1. The number of benzene rings is 2. The molecule has 4 aromatic heterocycles. The predicted molar refractivity (Wildman–Crippen MR) is 143 cm³/mol. The van der Waals surface area contributed by atoms with Gasteiger partial charge in [-0.15, -0.1) is 11.3 Å². The molecule has 0 atom stereocenters. The average molecular weight is 495 g/mol. The standard InChI is InChI=1S/C27H22N6O2S/c1-17-29-25-23(27(34)32(17)14-13-18-9-11-19(35-2)12-10-18)24-26(31-22-8-4-3-7-21(22)30-24)33(25)28-16-20-6-5-15-36-20/h3-12,15-16H,13-14H2,1-2H3/b28-16+. The van der Waals surface area contributed by atoms with Crippen LogP contribution in [0.4, 0.5) is 0 Å². The Kier molecular flexibility index (Phi) is 5.54. The highest BCUT2D eigenvalue weighted by Crippen LogP contribution is 2.25. The molecule has 8 nitrogen and oxygen atoms in total. The van der Waals surface area contributed by atoms with E-state index in [-0.39, 0.29) is 5.56 Å². The van der Waals surface area contributed by atoms with Crippen molar-refractivity contribution in [2.45, 2.75) is 19.9 Å². The van der Waals surface area contributed by atoms with Crippen molar-refractivity contribution in [3.63, 3.8) is 0 Å². The Morgan fingerprint density at radius 2 is 1.75 bits per heavy atom. The van der Waals surface area contributed by atoms with E-state index in [0.29, 0.717) is 41.0 Å². The lowest BCUT2D eigenvalue weighted by Gasteiger charge is -2.10. The smallest absolute Gasteiger partial charge is 0.265 e. The fourth-order valence-electron chi connectivity index (χ4n) is 4.30. The van der Waals surface area contributed by atoms with Crippen molar-refractivity contribution in [2.75, 3.05) is 7.11 Å². The van der Waals surface area contributed by atoms with Crippen molar-refractivity contribution in [1.29, 1.82) is 0 Å². The van der Waals surface area contributed by atoms with Crippen LogP contribution in [-0.4, -0.2) is 37.5 Å². The maximum absolute atomic E-state index is 13.8. The quantitative estimate of drug-likeness (QED) is 0.311. The van der Waals surface area contributed by atoms with Crippen LogP contribution < -0.4 is 10.3 Å². The molecule has 0 radical (unpaired) electrons. The molecule has 0 N–H and O–H groups in total. The van der Waals surface area contributed by atoms with Crippen LogP contribution in [0.1, 0.15) is 16.3 Å². The minimum atomic E-state index is -0.148. The summed E-state index contributed by atoms with van der Waals surface area (Å²) in [6.07, 6.45) is 2.44. The predicted octanol–water partition coefficient (Wildman–Crippen LogP) is 4.80. The van der Waals surface area contributed by atoms with Crippen LogP contribution in [0.15, 0.2) is 75.9 Å². The molecule has 0 saturated carbocycles. The molecule has 0 aliphatic rings. The topological polar surface area (TPSA) is 87.2 Å². The third-order valence-electron chi connectivity index (χ3n) is 6.16. The third-order valence-corrected chi connectivity index (χ3v) is 6.96. The van der Waals surface area contributed by atoms with Gasteiger partial charge in [0.05, 0.1) is 24.4 Å². The molecule has 0 spiro atoms. The number of rotatable bonds is 6. The molecule has 0 aliphatic carbocycles. The Morgan fingerprint density at radius 1 is 0.972 bits per heavy atom. The Bertz CT molecular complexity index is 1800. The van der Waals surface area contributed by atoms with Crippen LogP contribution in [0.5, 0.6) is 5.75 Å².